The first kappa shape index (κ1) is 26.0. The molecule has 39 heavy (non-hydrogen) atoms. The number of phenols is 1. The fraction of sp³-hybridized carbons (Fsp3) is 0.111. The lowest BCUT2D eigenvalue weighted by Gasteiger charge is -2.44. The summed E-state index contributed by atoms with van der Waals surface area (Å²) in [5, 5.41) is 13.7. The molecule has 1 aliphatic rings. The largest absolute Gasteiger partial charge is 0.508 e. The molecule has 1 saturated heterocycles. The number of benzene rings is 3. The molecule has 0 saturated carbocycles. The molecule has 1 aliphatic heterocycles. The number of fused-ring (bicyclic) bond motifs is 1. The van der Waals surface area contributed by atoms with E-state index < -0.39 is 11.4 Å². The van der Waals surface area contributed by atoms with Gasteiger partial charge in [-0.3, -0.25) is 14.6 Å². The maximum atomic E-state index is 13.8. The number of alkyl halides is 1. The molecule has 2 N–H and O–H groups in total. The van der Waals surface area contributed by atoms with Crippen LogP contribution in [0, 0.1) is 0 Å². The van der Waals surface area contributed by atoms with Crippen LogP contribution in [0.25, 0.3) is 27.3 Å². The van der Waals surface area contributed by atoms with Crippen LogP contribution in [-0.4, -0.2) is 35.9 Å². The number of carbonyl (C=O) groups excluding carboxylic acids is 1. The van der Waals surface area contributed by atoms with E-state index in [-0.39, 0.29) is 23.8 Å². The van der Waals surface area contributed by atoms with Crippen molar-refractivity contribution < 1.29 is 9.90 Å². The number of rotatable bonds is 6. The number of aromatic hydroxyl groups is 1. The fourth-order valence-corrected chi connectivity index (χ4v) is 6.12. The Morgan fingerprint density at radius 3 is 2.51 bits per heavy atom. The number of nitrogens with zero attached hydrogens (tertiary/aromatic N) is 4. The Hall–Kier alpha value is -3.28. The monoisotopic (exact) mass is 641 g/mol. The topological polar surface area (TPSA) is 100 Å². The van der Waals surface area contributed by atoms with Crippen molar-refractivity contribution in [1.82, 2.24) is 25.0 Å². The van der Waals surface area contributed by atoms with Crippen molar-refractivity contribution in [3.05, 3.63) is 103 Å². The molecule has 3 heterocycles. The first-order chi connectivity index (χ1) is 18.8. The van der Waals surface area contributed by atoms with E-state index in [0.717, 1.165) is 15.6 Å². The highest BCUT2D eigenvalue weighted by molar-refractivity contribution is 9.10. The minimum atomic E-state index is -0.757. The molecule has 2 unspecified atom stereocenters. The van der Waals surface area contributed by atoms with Gasteiger partial charge in [-0.15, -0.1) is 22.9 Å². The van der Waals surface area contributed by atoms with Gasteiger partial charge in [-0.1, -0.05) is 51.8 Å². The van der Waals surface area contributed by atoms with Gasteiger partial charge in [-0.25, -0.2) is 20.0 Å². The molecule has 0 aliphatic carbocycles. The van der Waals surface area contributed by atoms with Gasteiger partial charge in [0.05, 0.1) is 29.2 Å². The smallest absolute Gasteiger partial charge is 0.267 e. The summed E-state index contributed by atoms with van der Waals surface area (Å²) in [6.07, 6.45) is 0. The van der Waals surface area contributed by atoms with Crippen LogP contribution in [0.3, 0.4) is 0 Å². The molecule has 1 fully saturated rings. The summed E-state index contributed by atoms with van der Waals surface area (Å²) in [5.74, 6) is 0.196. The Balaban J connectivity index is 1.38. The number of hydrogen-bond donors (Lipinski definition) is 2. The van der Waals surface area contributed by atoms with Gasteiger partial charge in [0.15, 0.2) is 5.13 Å². The van der Waals surface area contributed by atoms with Gasteiger partial charge in [0, 0.05) is 20.4 Å². The average Bonchev–Trinajstić information content (AvgIpc) is 3.42. The number of phenolic OH excluding ortho intramolecular Hbond substituents is 1. The summed E-state index contributed by atoms with van der Waals surface area (Å²) in [4.78, 5) is 35.9. The predicted molar refractivity (Wildman–Crippen MR) is 155 cm³/mol. The molecule has 0 bridgehead atoms. The zero-order valence-corrected chi connectivity index (χ0v) is 23.8. The second-order valence-corrected chi connectivity index (χ2v) is 11.5. The van der Waals surface area contributed by atoms with E-state index in [4.69, 9.17) is 33.2 Å². The van der Waals surface area contributed by atoms with E-state index in [0.29, 0.717) is 32.6 Å². The number of nitrogens with one attached hydrogen (secondary N) is 1. The van der Waals surface area contributed by atoms with Crippen molar-refractivity contribution in [2.45, 2.75) is 18.0 Å². The third-order valence-electron chi connectivity index (χ3n) is 6.39. The number of aromatic nitrogens is 3. The van der Waals surface area contributed by atoms with Crippen molar-refractivity contribution in [2.24, 2.45) is 0 Å². The van der Waals surface area contributed by atoms with Crippen molar-refractivity contribution >= 4 is 67.3 Å². The van der Waals surface area contributed by atoms with Gasteiger partial charge in [0.1, 0.15) is 17.0 Å². The van der Waals surface area contributed by atoms with Gasteiger partial charge in [0.25, 0.3) is 11.5 Å². The van der Waals surface area contributed by atoms with Crippen LogP contribution in [0.15, 0.2) is 81.4 Å². The Morgan fingerprint density at radius 1 is 1.03 bits per heavy atom. The Morgan fingerprint density at radius 2 is 1.77 bits per heavy atom. The van der Waals surface area contributed by atoms with E-state index in [1.54, 1.807) is 48.5 Å². The molecule has 6 rings (SSSR count). The number of β-lactam (4-membered cyclic amide) rings is 1. The lowest BCUT2D eigenvalue weighted by atomic mass is 9.95. The summed E-state index contributed by atoms with van der Waals surface area (Å²) in [6, 6.07) is 18.7. The van der Waals surface area contributed by atoms with Gasteiger partial charge in [-0.2, -0.15) is 0 Å². The first-order valence-electron chi connectivity index (χ1n) is 11.7. The molecular formula is C27H18BrCl2N5O3S. The maximum Gasteiger partial charge on any atom is 0.267 e. The molecule has 8 nitrogen and oxygen atoms in total. The molecule has 0 radical (unpaired) electrons. The van der Waals surface area contributed by atoms with Gasteiger partial charge in [-0.05, 0) is 48.0 Å². The third-order valence-corrected chi connectivity index (χ3v) is 8.39. The van der Waals surface area contributed by atoms with Crippen molar-refractivity contribution in [2.75, 3.05) is 0 Å². The Bertz CT molecular complexity index is 1780. The molecule has 2 aromatic heterocycles. The lowest BCUT2D eigenvalue weighted by Crippen LogP contribution is -2.61. The molecule has 1 amide bonds. The molecule has 2 atom stereocenters. The summed E-state index contributed by atoms with van der Waals surface area (Å²) < 4.78 is 2.22. The second kappa shape index (κ2) is 10.4. The summed E-state index contributed by atoms with van der Waals surface area (Å²) >= 11 is 17.1. The van der Waals surface area contributed by atoms with Crippen LogP contribution in [0.1, 0.15) is 17.4 Å². The number of carbonyl (C=O) groups is 1. The van der Waals surface area contributed by atoms with Crippen LogP contribution < -0.4 is 11.0 Å². The summed E-state index contributed by atoms with van der Waals surface area (Å²) in [5.41, 5.74) is 5.67. The number of hydrogen-bond acceptors (Lipinski definition) is 7. The van der Waals surface area contributed by atoms with Crippen LogP contribution >= 0.6 is 50.5 Å². The van der Waals surface area contributed by atoms with Crippen LogP contribution in [0.2, 0.25) is 5.02 Å². The summed E-state index contributed by atoms with van der Waals surface area (Å²) in [7, 11) is 0. The SMILES string of the molecule is O=C1C(Cl)C(c2ccc(O)cc2)N1NCc1nc2ccc(Br)cc2c(=O)n1-c1nc(-c2ccc(Cl)cc2)cs1. The van der Waals surface area contributed by atoms with E-state index in [1.807, 2.05) is 23.6 Å². The van der Waals surface area contributed by atoms with E-state index in [1.165, 1.54) is 20.9 Å². The minimum Gasteiger partial charge on any atom is -0.508 e. The van der Waals surface area contributed by atoms with E-state index >= 15 is 0 Å². The normalized spacial score (nSPS) is 17.0. The number of hydrazine groups is 1. The zero-order chi connectivity index (χ0) is 27.3. The van der Waals surface area contributed by atoms with Gasteiger partial charge >= 0.3 is 0 Å². The Kier molecular flexibility index (Phi) is 6.90. The minimum absolute atomic E-state index is 0.0566. The highest BCUT2D eigenvalue weighted by Gasteiger charge is 2.47. The van der Waals surface area contributed by atoms with Gasteiger partial charge in [0.2, 0.25) is 0 Å². The second-order valence-electron chi connectivity index (χ2n) is 8.83. The van der Waals surface area contributed by atoms with Crippen molar-refractivity contribution in [1.29, 1.82) is 0 Å². The predicted octanol–water partition coefficient (Wildman–Crippen LogP) is 5.83. The first-order valence-corrected chi connectivity index (χ1v) is 14.2. The molecule has 3 aromatic carbocycles. The van der Waals surface area contributed by atoms with Crippen LogP contribution in [-0.2, 0) is 11.3 Å². The van der Waals surface area contributed by atoms with E-state index in [9.17, 15) is 14.7 Å². The van der Waals surface area contributed by atoms with E-state index in [2.05, 4.69) is 21.4 Å². The zero-order valence-electron chi connectivity index (χ0n) is 19.9. The van der Waals surface area contributed by atoms with Crippen molar-refractivity contribution in [3.63, 3.8) is 0 Å². The highest BCUT2D eigenvalue weighted by atomic mass is 79.9. The van der Waals surface area contributed by atoms with Gasteiger partial charge < -0.3 is 5.11 Å². The molecule has 196 valence electrons. The maximum absolute atomic E-state index is 13.8. The number of halogens is 3. The molecule has 12 heteroatoms. The molecule has 0 spiro atoms. The quantitative estimate of drug-likeness (QED) is 0.179. The standard InChI is InChI=1S/C27H18BrCl2N5O3S/c28-16-5-10-20-19(11-16)25(37)34(27-33-21(13-39-27)14-1-6-17(29)7-2-14)22(32-20)12-31-35-24(23(30)26(35)38)15-3-8-18(36)9-4-15/h1-11,13,23-24,31,36H,12H2. The number of amides is 1. The molecule has 5 aromatic rings. The lowest BCUT2D eigenvalue weighted by molar-refractivity contribution is -0.151. The summed E-state index contributed by atoms with van der Waals surface area (Å²) in [6.45, 7) is 0.0566. The molecular weight excluding hydrogens is 625 g/mol. The van der Waals surface area contributed by atoms with Crippen LogP contribution in [0.5, 0.6) is 5.75 Å². The Labute approximate surface area is 244 Å². The average molecular weight is 643 g/mol. The third kappa shape index (κ3) is 4.83. The fourth-order valence-electron chi connectivity index (χ4n) is 4.42. The highest BCUT2D eigenvalue weighted by Crippen LogP contribution is 2.37. The number of thiazole rings is 1. The van der Waals surface area contributed by atoms with Crippen molar-refractivity contribution in [3.8, 4) is 22.1 Å². The van der Waals surface area contributed by atoms with Crippen LogP contribution in [0.4, 0.5) is 0 Å².